The van der Waals surface area contributed by atoms with Crippen molar-refractivity contribution in [2.45, 2.75) is 19.1 Å². The topological polar surface area (TPSA) is 49.9 Å². The van der Waals surface area contributed by atoms with Gasteiger partial charge in [0, 0.05) is 9.50 Å². The number of anilines is 2. The molecule has 7 heteroatoms. The number of nitrogens with zero attached hydrogens (tertiary/aromatic N) is 2. The summed E-state index contributed by atoms with van der Waals surface area (Å²) in [4.78, 5) is 34.2. The fourth-order valence-corrected chi connectivity index (χ4v) is 4.63. The predicted molar refractivity (Wildman–Crippen MR) is 123 cm³/mol. The lowest BCUT2D eigenvalue weighted by Crippen LogP contribution is -2.37. The van der Waals surface area contributed by atoms with Crippen LogP contribution < -0.4 is 9.96 Å². The van der Waals surface area contributed by atoms with Crippen molar-refractivity contribution in [3.63, 3.8) is 0 Å². The van der Waals surface area contributed by atoms with Gasteiger partial charge < -0.3 is 0 Å². The molecule has 2 fully saturated rings. The van der Waals surface area contributed by atoms with E-state index in [0.29, 0.717) is 10.7 Å². The van der Waals surface area contributed by atoms with Gasteiger partial charge in [-0.05, 0) is 54.4 Å². The summed E-state index contributed by atoms with van der Waals surface area (Å²) in [5.41, 5.74) is 3.02. The van der Waals surface area contributed by atoms with Gasteiger partial charge in [-0.15, -0.1) is 0 Å². The Bertz CT molecular complexity index is 1170. The number of imide groups is 1. The van der Waals surface area contributed by atoms with E-state index in [1.165, 1.54) is 4.90 Å². The highest BCUT2D eigenvalue weighted by molar-refractivity contribution is 9.10. The lowest BCUT2D eigenvalue weighted by Gasteiger charge is -2.28. The molecule has 0 radical (unpaired) electrons. The van der Waals surface area contributed by atoms with Crippen molar-refractivity contribution in [1.29, 1.82) is 0 Å². The Balaban J connectivity index is 1.58. The molecule has 2 heterocycles. The zero-order valence-electron chi connectivity index (χ0n) is 16.5. The Morgan fingerprint density at radius 2 is 1.61 bits per heavy atom. The van der Waals surface area contributed by atoms with E-state index in [1.807, 2.05) is 61.5 Å². The van der Waals surface area contributed by atoms with E-state index in [1.54, 1.807) is 23.3 Å². The second-order valence-electron chi connectivity index (χ2n) is 7.65. The summed E-state index contributed by atoms with van der Waals surface area (Å²) in [5, 5.41) is 2.19. The zero-order valence-corrected chi connectivity index (χ0v) is 18.9. The van der Waals surface area contributed by atoms with Crippen LogP contribution in [0.5, 0.6) is 0 Å². The van der Waals surface area contributed by atoms with Crippen molar-refractivity contribution in [1.82, 2.24) is 0 Å². The maximum Gasteiger partial charge on any atom is 0.266 e. The number of para-hydroxylation sites is 1. The second-order valence-corrected chi connectivity index (χ2v) is 8.98. The summed E-state index contributed by atoms with van der Waals surface area (Å²) in [6.07, 6.45) is -0.901. The lowest BCUT2D eigenvalue weighted by atomic mass is 9.90. The first-order valence-corrected chi connectivity index (χ1v) is 11.0. The van der Waals surface area contributed by atoms with Gasteiger partial charge in [0.25, 0.3) is 5.91 Å². The van der Waals surface area contributed by atoms with Crippen molar-refractivity contribution in [2.75, 3.05) is 9.96 Å². The third kappa shape index (κ3) is 3.35. The first kappa shape index (κ1) is 20.2. The van der Waals surface area contributed by atoms with Crippen LogP contribution in [-0.4, -0.2) is 17.9 Å². The molecule has 0 bridgehead atoms. The number of rotatable bonds is 3. The Hall–Kier alpha value is -2.67. The quantitative estimate of drug-likeness (QED) is 0.451. The van der Waals surface area contributed by atoms with E-state index in [0.717, 1.165) is 21.3 Å². The minimum atomic E-state index is -0.901. The molecule has 2 saturated heterocycles. The summed E-state index contributed by atoms with van der Waals surface area (Å²) < 4.78 is 0.933. The van der Waals surface area contributed by atoms with Crippen LogP contribution >= 0.6 is 27.5 Å². The second kappa shape index (κ2) is 7.79. The number of halogens is 2. The molecule has 0 spiro atoms. The molecule has 5 rings (SSSR count). The third-order valence-corrected chi connectivity index (χ3v) is 6.69. The van der Waals surface area contributed by atoms with E-state index >= 15 is 0 Å². The van der Waals surface area contributed by atoms with E-state index in [4.69, 9.17) is 16.4 Å². The van der Waals surface area contributed by atoms with Gasteiger partial charge in [-0.25, -0.2) is 9.96 Å². The van der Waals surface area contributed by atoms with Crippen molar-refractivity contribution >= 4 is 50.7 Å². The number of carbonyl (C=O) groups excluding carboxylic acids is 2. The first-order valence-electron chi connectivity index (χ1n) is 9.86. The van der Waals surface area contributed by atoms with Gasteiger partial charge in [-0.2, -0.15) is 0 Å². The van der Waals surface area contributed by atoms with Crippen molar-refractivity contribution in [2.24, 2.45) is 5.92 Å². The van der Waals surface area contributed by atoms with E-state index in [9.17, 15) is 9.59 Å². The Morgan fingerprint density at radius 1 is 0.903 bits per heavy atom. The standard InChI is InChI=1S/C24H18BrClN2O3/c1-14-7-12-18(13-19(14)26)27-23(29)20-21(15-8-10-16(25)11-9-15)28(31-22(20)24(27)30)17-5-3-2-4-6-17/h2-13,20-22H,1H3/t20-,21+,22+/m1/s1. The molecule has 5 nitrogen and oxygen atoms in total. The molecular formula is C24H18BrClN2O3. The average Bonchev–Trinajstić information content (AvgIpc) is 3.28. The number of hydroxylamine groups is 1. The monoisotopic (exact) mass is 496 g/mol. The van der Waals surface area contributed by atoms with Gasteiger partial charge in [-0.1, -0.05) is 63.9 Å². The molecule has 3 aromatic carbocycles. The molecule has 2 aliphatic rings. The van der Waals surface area contributed by atoms with Gasteiger partial charge in [0.05, 0.1) is 17.4 Å². The van der Waals surface area contributed by atoms with E-state index in [2.05, 4.69) is 15.9 Å². The molecule has 0 saturated carbocycles. The summed E-state index contributed by atoms with van der Waals surface area (Å²) in [6.45, 7) is 1.87. The highest BCUT2D eigenvalue weighted by atomic mass is 79.9. The maximum atomic E-state index is 13.6. The Labute approximate surface area is 193 Å². The Morgan fingerprint density at radius 3 is 2.29 bits per heavy atom. The minimum Gasteiger partial charge on any atom is -0.273 e. The van der Waals surface area contributed by atoms with Crippen LogP contribution in [-0.2, 0) is 14.4 Å². The number of benzene rings is 3. The SMILES string of the molecule is Cc1ccc(N2C(=O)[C@H]3[C@H](ON(c4ccccc4)[C@H]3c3ccc(Br)cc3)C2=O)cc1Cl. The van der Waals surface area contributed by atoms with E-state index < -0.39 is 18.1 Å². The summed E-state index contributed by atoms with van der Waals surface area (Å²) in [7, 11) is 0. The number of aryl methyl sites for hydroxylation is 1. The molecule has 0 aliphatic carbocycles. The Kier molecular flexibility index (Phi) is 5.08. The number of amides is 2. The first-order chi connectivity index (χ1) is 15.0. The van der Waals surface area contributed by atoms with Crippen LogP contribution in [0.3, 0.4) is 0 Å². The van der Waals surface area contributed by atoms with Crippen LogP contribution in [0.4, 0.5) is 11.4 Å². The number of hydrogen-bond acceptors (Lipinski definition) is 4. The molecular weight excluding hydrogens is 480 g/mol. The molecule has 2 amide bonds. The van der Waals surface area contributed by atoms with Crippen LogP contribution in [0, 0.1) is 12.8 Å². The van der Waals surface area contributed by atoms with Crippen LogP contribution in [0.15, 0.2) is 77.3 Å². The number of hydrogen-bond donors (Lipinski definition) is 0. The molecule has 0 aromatic heterocycles. The van der Waals surface area contributed by atoms with Crippen molar-refractivity contribution in [3.05, 3.63) is 93.4 Å². The highest BCUT2D eigenvalue weighted by Gasteiger charge is 2.60. The largest absolute Gasteiger partial charge is 0.273 e. The van der Waals surface area contributed by atoms with Gasteiger partial charge in [0.1, 0.15) is 5.92 Å². The van der Waals surface area contributed by atoms with Gasteiger partial charge in [0.2, 0.25) is 5.91 Å². The van der Waals surface area contributed by atoms with E-state index in [-0.39, 0.29) is 11.8 Å². The van der Waals surface area contributed by atoms with Gasteiger partial charge in [-0.3, -0.25) is 14.4 Å². The molecule has 156 valence electrons. The minimum absolute atomic E-state index is 0.290. The number of carbonyl (C=O) groups is 2. The van der Waals surface area contributed by atoms with Crippen molar-refractivity contribution < 1.29 is 14.4 Å². The average molecular weight is 498 g/mol. The highest BCUT2D eigenvalue weighted by Crippen LogP contribution is 2.47. The molecule has 0 unspecified atom stereocenters. The summed E-state index contributed by atoms with van der Waals surface area (Å²) >= 11 is 9.72. The lowest BCUT2D eigenvalue weighted by molar-refractivity contribution is -0.126. The normalized spacial score (nSPS) is 22.9. The molecule has 31 heavy (non-hydrogen) atoms. The molecule has 3 aromatic rings. The predicted octanol–water partition coefficient (Wildman–Crippen LogP) is 5.46. The fourth-order valence-electron chi connectivity index (χ4n) is 4.19. The molecule has 0 N–H and O–H groups in total. The smallest absolute Gasteiger partial charge is 0.266 e. The van der Waals surface area contributed by atoms with Gasteiger partial charge in [0.15, 0.2) is 6.10 Å². The fraction of sp³-hybridized carbons (Fsp3) is 0.167. The summed E-state index contributed by atoms with van der Waals surface area (Å²) in [6, 6.07) is 22.0. The summed E-state index contributed by atoms with van der Waals surface area (Å²) in [5.74, 6) is -1.34. The third-order valence-electron chi connectivity index (χ3n) is 5.75. The zero-order chi connectivity index (χ0) is 21.7. The molecule has 2 aliphatic heterocycles. The van der Waals surface area contributed by atoms with Crippen LogP contribution in [0.25, 0.3) is 0 Å². The van der Waals surface area contributed by atoms with Crippen LogP contribution in [0.1, 0.15) is 17.2 Å². The maximum absolute atomic E-state index is 13.6. The van der Waals surface area contributed by atoms with Gasteiger partial charge >= 0.3 is 0 Å². The number of fused-ring (bicyclic) bond motifs is 1. The molecule has 3 atom stereocenters. The van der Waals surface area contributed by atoms with Crippen LogP contribution in [0.2, 0.25) is 5.02 Å². The van der Waals surface area contributed by atoms with Crippen molar-refractivity contribution in [3.8, 4) is 0 Å².